The zero-order valence-electron chi connectivity index (χ0n) is 18.2. The molecule has 172 valence electrons. The van der Waals surface area contributed by atoms with Crippen LogP contribution in [0.5, 0.6) is 0 Å². The largest absolute Gasteiger partial charge is 0.339 e. The van der Waals surface area contributed by atoms with Crippen LogP contribution >= 0.6 is 0 Å². The molecule has 0 aliphatic carbocycles. The first-order chi connectivity index (χ1) is 16.3. The zero-order valence-corrected chi connectivity index (χ0v) is 18.2. The number of carbonyl (C=O) groups is 3. The second-order valence-electron chi connectivity index (χ2n) is 8.13. The molecule has 0 radical (unpaired) electrons. The van der Waals surface area contributed by atoms with Gasteiger partial charge in [0.15, 0.2) is 0 Å². The van der Waals surface area contributed by atoms with Gasteiger partial charge < -0.3 is 4.90 Å². The van der Waals surface area contributed by atoms with E-state index in [0.717, 1.165) is 17.0 Å². The number of fused-ring (bicyclic) bond motifs is 1. The lowest BCUT2D eigenvalue weighted by Gasteiger charge is -2.25. The van der Waals surface area contributed by atoms with Crippen molar-refractivity contribution in [3.8, 4) is 5.69 Å². The van der Waals surface area contributed by atoms with Crippen LogP contribution in [0.4, 0.5) is 8.78 Å². The van der Waals surface area contributed by atoms with Gasteiger partial charge in [0, 0.05) is 37.7 Å². The van der Waals surface area contributed by atoms with Gasteiger partial charge in [-0.05, 0) is 24.1 Å². The van der Waals surface area contributed by atoms with E-state index in [1.54, 1.807) is 35.2 Å². The minimum Gasteiger partial charge on any atom is -0.339 e. The van der Waals surface area contributed by atoms with Gasteiger partial charge in [0.2, 0.25) is 5.91 Å². The van der Waals surface area contributed by atoms with E-state index in [2.05, 4.69) is 10.3 Å². The van der Waals surface area contributed by atoms with E-state index < -0.39 is 23.4 Å². The minimum absolute atomic E-state index is 0.0882. The van der Waals surface area contributed by atoms with E-state index >= 15 is 0 Å². The maximum Gasteiger partial charge on any atom is 0.261 e. The first-order valence-electron chi connectivity index (χ1n) is 10.6. The molecule has 0 fully saturated rings. The monoisotopic (exact) mass is 463 g/mol. The topological polar surface area (TPSA) is 88.4 Å². The molecule has 2 aliphatic rings. The van der Waals surface area contributed by atoms with Crippen molar-refractivity contribution in [2.45, 2.75) is 19.9 Å². The second-order valence-corrected chi connectivity index (χ2v) is 8.13. The highest BCUT2D eigenvalue weighted by Crippen LogP contribution is 2.29. The van der Waals surface area contributed by atoms with Gasteiger partial charge >= 0.3 is 0 Å². The lowest BCUT2D eigenvalue weighted by atomic mass is 9.98. The standard InChI is InChI=1S/C24H19F2N5O3/c1-14(32)29-8-6-15(7-9-29)22-20(25)10-17(11-21(22)26)31-13-16(27-28-31)12-30-23(33)18-4-2-3-5-19(18)24(30)34/h2-6,10-11,13H,7-9,12H2,1H3. The quantitative estimate of drug-likeness (QED) is 0.555. The number of amides is 3. The molecule has 3 aromatic rings. The predicted molar refractivity (Wildman–Crippen MR) is 117 cm³/mol. The summed E-state index contributed by atoms with van der Waals surface area (Å²) in [7, 11) is 0. The van der Waals surface area contributed by atoms with Crippen molar-refractivity contribution in [2.24, 2.45) is 0 Å². The number of hydrogen-bond donors (Lipinski definition) is 0. The van der Waals surface area contributed by atoms with Gasteiger partial charge in [0.25, 0.3) is 11.8 Å². The molecule has 2 aromatic carbocycles. The Morgan fingerprint density at radius 1 is 1.06 bits per heavy atom. The van der Waals surface area contributed by atoms with Crippen LogP contribution in [0.25, 0.3) is 11.3 Å². The molecule has 0 atom stereocenters. The Morgan fingerprint density at radius 2 is 1.71 bits per heavy atom. The van der Waals surface area contributed by atoms with Crippen LogP contribution in [0.15, 0.2) is 48.7 Å². The molecule has 3 amide bonds. The van der Waals surface area contributed by atoms with E-state index in [0.29, 0.717) is 41.9 Å². The molecular weight excluding hydrogens is 444 g/mol. The van der Waals surface area contributed by atoms with E-state index in [4.69, 9.17) is 0 Å². The number of nitrogens with zero attached hydrogens (tertiary/aromatic N) is 5. The lowest BCUT2D eigenvalue weighted by Crippen LogP contribution is -2.32. The normalized spacial score (nSPS) is 15.6. The third-order valence-electron chi connectivity index (χ3n) is 6.01. The van der Waals surface area contributed by atoms with Gasteiger partial charge in [-0.15, -0.1) is 5.10 Å². The molecule has 0 unspecified atom stereocenters. The van der Waals surface area contributed by atoms with Crippen LogP contribution in [0.3, 0.4) is 0 Å². The Bertz CT molecular complexity index is 1320. The van der Waals surface area contributed by atoms with Gasteiger partial charge in [0.05, 0.1) is 29.6 Å². The van der Waals surface area contributed by atoms with Crippen molar-refractivity contribution in [1.29, 1.82) is 0 Å². The van der Waals surface area contributed by atoms with Crippen LogP contribution in [-0.4, -0.2) is 55.6 Å². The summed E-state index contributed by atoms with van der Waals surface area (Å²) in [4.78, 5) is 39.2. The Morgan fingerprint density at radius 3 is 2.26 bits per heavy atom. The summed E-state index contributed by atoms with van der Waals surface area (Å²) < 4.78 is 31.0. The molecule has 0 bridgehead atoms. The number of rotatable bonds is 4. The molecule has 8 nitrogen and oxygen atoms in total. The van der Waals surface area contributed by atoms with Crippen molar-refractivity contribution < 1.29 is 23.2 Å². The number of hydrogen-bond acceptors (Lipinski definition) is 5. The lowest BCUT2D eigenvalue weighted by molar-refractivity contribution is -0.128. The van der Waals surface area contributed by atoms with Gasteiger partial charge in [-0.1, -0.05) is 23.4 Å². The van der Waals surface area contributed by atoms with E-state index in [1.807, 2.05) is 0 Å². The Kier molecular flexibility index (Phi) is 5.27. The summed E-state index contributed by atoms with van der Waals surface area (Å²) >= 11 is 0. The molecule has 5 rings (SSSR count). The summed E-state index contributed by atoms with van der Waals surface area (Å²) in [5.41, 5.74) is 1.42. The summed E-state index contributed by atoms with van der Waals surface area (Å²) in [6, 6.07) is 8.82. The maximum atomic E-state index is 14.9. The Hall–Kier alpha value is -4.21. The van der Waals surface area contributed by atoms with Crippen molar-refractivity contribution in [1.82, 2.24) is 24.8 Å². The van der Waals surface area contributed by atoms with Gasteiger partial charge in [-0.3, -0.25) is 19.3 Å². The average molecular weight is 463 g/mol. The van der Waals surface area contributed by atoms with E-state index in [9.17, 15) is 23.2 Å². The van der Waals surface area contributed by atoms with E-state index in [1.165, 1.54) is 17.8 Å². The van der Waals surface area contributed by atoms with Crippen LogP contribution in [0.2, 0.25) is 0 Å². The minimum atomic E-state index is -0.755. The Labute approximate surface area is 193 Å². The summed E-state index contributed by atoms with van der Waals surface area (Å²) in [6.07, 6.45) is 3.42. The highest BCUT2D eigenvalue weighted by atomic mass is 19.1. The third-order valence-corrected chi connectivity index (χ3v) is 6.01. The molecule has 34 heavy (non-hydrogen) atoms. The molecule has 1 aromatic heterocycles. The second kappa shape index (κ2) is 8.29. The molecule has 10 heteroatoms. The van der Waals surface area contributed by atoms with Gasteiger partial charge in [-0.25, -0.2) is 13.5 Å². The highest BCUT2D eigenvalue weighted by Gasteiger charge is 2.35. The molecule has 0 N–H and O–H groups in total. The smallest absolute Gasteiger partial charge is 0.261 e. The number of benzene rings is 2. The maximum absolute atomic E-state index is 14.9. The number of halogens is 2. The molecule has 0 spiro atoms. The number of aromatic nitrogens is 3. The molecule has 3 heterocycles. The van der Waals surface area contributed by atoms with Gasteiger partial charge in [0.1, 0.15) is 17.3 Å². The van der Waals surface area contributed by atoms with Crippen LogP contribution in [0, 0.1) is 11.6 Å². The van der Waals surface area contributed by atoms with Gasteiger partial charge in [-0.2, -0.15) is 0 Å². The predicted octanol–water partition coefficient (Wildman–Crippen LogP) is 2.98. The van der Waals surface area contributed by atoms with E-state index in [-0.39, 0.29) is 23.7 Å². The van der Waals surface area contributed by atoms with Crippen molar-refractivity contribution in [2.75, 3.05) is 13.1 Å². The van der Waals surface area contributed by atoms with Crippen molar-refractivity contribution >= 4 is 23.3 Å². The fraction of sp³-hybridized carbons (Fsp3) is 0.208. The number of carbonyl (C=O) groups excluding carboxylic acids is 3. The van der Waals surface area contributed by atoms with Crippen molar-refractivity contribution in [3.63, 3.8) is 0 Å². The fourth-order valence-electron chi connectivity index (χ4n) is 4.22. The molecule has 0 saturated carbocycles. The van der Waals surface area contributed by atoms with Crippen LogP contribution < -0.4 is 0 Å². The fourth-order valence-corrected chi connectivity index (χ4v) is 4.22. The third kappa shape index (κ3) is 3.66. The molecular formula is C24H19F2N5O3. The molecule has 2 aliphatic heterocycles. The Balaban J connectivity index is 1.36. The first-order valence-corrected chi connectivity index (χ1v) is 10.6. The van der Waals surface area contributed by atoms with Crippen LogP contribution in [0.1, 0.15) is 45.3 Å². The summed E-state index contributed by atoms with van der Waals surface area (Å²) in [5.74, 6) is -2.46. The summed E-state index contributed by atoms with van der Waals surface area (Å²) in [5, 5.41) is 7.86. The first kappa shape index (κ1) is 21.6. The average Bonchev–Trinajstić information content (AvgIpc) is 3.38. The highest BCUT2D eigenvalue weighted by molar-refractivity contribution is 6.21. The SMILES string of the molecule is CC(=O)N1CC=C(c2c(F)cc(-n3cc(CN4C(=O)c5ccccc5C4=O)nn3)cc2F)CC1. The molecule has 0 saturated heterocycles. The number of imide groups is 1. The summed E-state index contributed by atoms with van der Waals surface area (Å²) in [6.45, 7) is 2.03. The zero-order chi connectivity index (χ0) is 24.0. The van der Waals surface area contributed by atoms with Crippen LogP contribution in [-0.2, 0) is 11.3 Å². The van der Waals surface area contributed by atoms with Crippen molar-refractivity contribution in [3.05, 3.63) is 82.7 Å².